The zero-order valence-corrected chi connectivity index (χ0v) is 29.2. The van der Waals surface area contributed by atoms with Crippen LogP contribution in [-0.2, 0) is 26.3 Å². The van der Waals surface area contributed by atoms with E-state index >= 15 is 0 Å². The molecular weight excluding hydrogens is 683 g/mol. The Morgan fingerprint density at radius 3 is 2.04 bits per heavy atom. The van der Waals surface area contributed by atoms with Crippen LogP contribution in [0, 0.1) is 4.64 Å². The summed E-state index contributed by atoms with van der Waals surface area (Å²) in [7, 11) is 3.21. The number of aromatic nitrogens is 4. The third kappa shape index (κ3) is 6.79. The van der Waals surface area contributed by atoms with Gasteiger partial charge in [0, 0.05) is 0 Å². The first-order chi connectivity index (χ1) is 25.3. The minimum absolute atomic E-state index is 0.111. The highest BCUT2D eigenvalue weighted by Crippen LogP contribution is 2.43. The Labute approximate surface area is 304 Å². The largest absolute Gasteiger partial charge is 0.497 e. The summed E-state index contributed by atoms with van der Waals surface area (Å²) in [6.45, 7) is -0.122. The minimum atomic E-state index is -1.38. The Morgan fingerprint density at radius 2 is 1.44 bits per heavy atom. The SMILES string of the molecule is COc1ccc(C(OC[C@H]2O[C@@H](n3cnc4c(=S)[nH]c(NC(=O)Cc5ccccc5)nc43)[C@H](O)[C@@H]2O)(c2ccccc2)c2ccc(OC)cc2)cc1. The number of fused-ring (bicyclic) bond motifs is 1. The predicted octanol–water partition coefficient (Wildman–Crippen LogP) is 5.32. The van der Waals surface area contributed by atoms with Crippen molar-refractivity contribution in [2.24, 2.45) is 0 Å². The quantitative estimate of drug-likeness (QED) is 0.0967. The lowest BCUT2D eigenvalue weighted by Crippen LogP contribution is -2.39. The number of methoxy groups -OCH3 is 2. The van der Waals surface area contributed by atoms with Gasteiger partial charge in [-0.25, -0.2) is 4.98 Å². The van der Waals surface area contributed by atoms with Gasteiger partial charge in [0.2, 0.25) is 11.9 Å². The van der Waals surface area contributed by atoms with Gasteiger partial charge in [-0.1, -0.05) is 97.1 Å². The van der Waals surface area contributed by atoms with Crippen LogP contribution in [0.15, 0.2) is 116 Å². The second-order valence-electron chi connectivity index (χ2n) is 12.3. The highest BCUT2D eigenvalue weighted by atomic mass is 32.1. The summed E-state index contributed by atoms with van der Waals surface area (Å²) in [6, 6.07) is 34.2. The van der Waals surface area contributed by atoms with Crippen LogP contribution in [0.3, 0.4) is 0 Å². The number of aromatic amines is 1. The molecule has 7 rings (SSSR count). The molecular formula is C39H37N5O7S. The molecule has 13 heteroatoms. The number of carbonyl (C=O) groups excluding carboxylic acids is 1. The number of rotatable bonds is 12. The van der Waals surface area contributed by atoms with Gasteiger partial charge in [0.15, 0.2) is 11.9 Å². The van der Waals surface area contributed by atoms with Crippen LogP contribution in [0.2, 0.25) is 0 Å². The molecule has 4 atom stereocenters. The summed E-state index contributed by atoms with van der Waals surface area (Å²) in [4.78, 5) is 24.7. The van der Waals surface area contributed by atoms with E-state index in [4.69, 9.17) is 31.2 Å². The fourth-order valence-electron chi connectivity index (χ4n) is 6.51. The number of nitrogens with zero attached hydrogens (tertiary/aromatic N) is 3. The molecule has 0 aliphatic carbocycles. The first-order valence-electron chi connectivity index (χ1n) is 16.6. The Bertz CT molecular complexity index is 2150. The van der Waals surface area contributed by atoms with Crippen LogP contribution in [0.5, 0.6) is 11.5 Å². The number of benzene rings is 4. The second-order valence-corrected chi connectivity index (χ2v) is 12.7. The molecule has 3 heterocycles. The summed E-state index contributed by atoms with van der Waals surface area (Å²) >= 11 is 5.53. The fraction of sp³-hybridized carbons (Fsp3) is 0.231. The lowest BCUT2D eigenvalue weighted by atomic mass is 9.80. The molecule has 0 radical (unpaired) electrons. The molecule has 1 aliphatic heterocycles. The van der Waals surface area contributed by atoms with Crippen molar-refractivity contribution >= 4 is 35.2 Å². The van der Waals surface area contributed by atoms with E-state index in [0.717, 1.165) is 22.3 Å². The molecule has 1 saturated heterocycles. The summed E-state index contributed by atoms with van der Waals surface area (Å²) in [6.07, 6.45) is -3.22. The average Bonchev–Trinajstić information content (AvgIpc) is 3.72. The number of hydrogen-bond donors (Lipinski definition) is 4. The van der Waals surface area contributed by atoms with E-state index in [1.807, 2.05) is 109 Å². The van der Waals surface area contributed by atoms with Gasteiger partial charge in [0.25, 0.3) is 0 Å². The van der Waals surface area contributed by atoms with E-state index in [1.54, 1.807) is 14.2 Å². The second kappa shape index (κ2) is 15.0. The Kier molecular flexibility index (Phi) is 10.1. The molecule has 4 aromatic carbocycles. The summed E-state index contributed by atoms with van der Waals surface area (Å²) in [5.74, 6) is 1.18. The highest BCUT2D eigenvalue weighted by molar-refractivity contribution is 7.71. The smallest absolute Gasteiger partial charge is 0.231 e. The van der Waals surface area contributed by atoms with E-state index in [1.165, 1.54) is 10.9 Å². The maximum Gasteiger partial charge on any atom is 0.231 e. The molecule has 4 N–H and O–H groups in total. The molecule has 0 unspecified atom stereocenters. The first-order valence-corrected chi connectivity index (χ1v) is 17.0. The minimum Gasteiger partial charge on any atom is -0.497 e. The molecule has 52 heavy (non-hydrogen) atoms. The molecule has 0 spiro atoms. The topological polar surface area (TPSA) is 153 Å². The molecule has 266 valence electrons. The van der Waals surface area contributed by atoms with Crippen molar-refractivity contribution in [1.82, 2.24) is 19.5 Å². The van der Waals surface area contributed by atoms with Crippen molar-refractivity contribution in [3.8, 4) is 11.5 Å². The zero-order chi connectivity index (χ0) is 36.2. The molecule has 12 nitrogen and oxygen atoms in total. The summed E-state index contributed by atoms with van der Waals surface area (Å²) < 4.78 is 25.9. The van der Waals surface area contributed by atoms with E-state index in [2.05, 4.69) is 20.3 Å². The number of aliphatic hydroxyl groups excluding tert-OH is 2. The van der Waals surface area contributed by atoms with Gasteiger partial charge in [0.05, 0.1) is 33.6 Å². The van der Waals surface area contributed by atoms with Crippen LogP contribution < -0.4 is 14.8 Å². The normalized spacial score (nSPS) is 18.7. The van der Waals surface area contributed by atoms with Crippen LogP contribution in [0.4, 0.5) is 5.95 Å². The van der Waals surface area contributed by atoms with Crippen molar-refractivity contribution < 1.29 is 34.0 Å². The number of anilines is 1. The van der Waals surface area contributed by atoms with Crippen LogP contribution in [-0.4, -0.2) is 74.8 Å². The molecule has 0 saturated carbocycles. The molecule has 1 amide bonds. The van der Waals surface area contributed by atoms with Crippen LogP contribution in [0.1, 0.15) is 28.5 Å². The number of imidazole rings is 1. The average molecular weight is 720 g/mol. The number of nitrogens with one attached hydrogen (secondary N) is 2. The van der Waals surface area contributed by atoms with Gasteiger partial charge in [-0.3, -0.25) is 14.7 Å². The highest BCUT2D eigenvalue weighted by Gasteiger charge is 2.47. The number of aliphatic hydroxyl groups is 2. The molecule has 6 aromatic rings. The van der Waals surface area contributed by atoms with E-state index in [0.29, 0.717) is 17.0 Å². The predicted molar refractivity (Wildman–Crippen MR) is 196 cm³/mol. The number of carbonyl (C=O) groups is 1. The Hall–Kier alpha value is -5.44. The lowest BCUT2D eigenvalue weighted by molar-refractivity contribution is -0.115. The molecule has 2 aromatic heterocycles. The van der Waals surface area contributed by atoms with Gasteiger partial charge >= 0.3 is 0 Å². The van der Waals surface area contributed by atoms with Crippen molar-refractivity contribution in [2.45, 2.75) is 36.6 Å². The van der Waals surface area contributed by atoms with Crippen molar-refractivity contribution in [1.29, 1.82) is 0 Å². The number of ether oxygens (including phenoxy) is 4. The number of hydrogen-bond acceptors (Lipinski definition) is 10. The molecule has 1 aliphatic rings. The third-order valence-corrected chi connectivity index (χ3v) is 9.44. The van der Waals surface area contributed by atoms with Gasteiger partial charge in [0.1, 0.15) is 45.6 Å². The lowest BCUT2D eigenvalue weighted by Gasteiger charge is -2.37. The standard InChI is InChI=1S/C39H37N5O7S/c1-48-28-17-13-26(14-18-28)39(25-11-7-4-8-12-25,27-15-19-29(49-2)20-16-27)50-22-30-33(46)34(47)37(51-30)44-23-40-32-35(44)42-38(43-36(32)52)41-31(45)21-24-9-5-3-6-10-24/h3-20,23,30,33-34,37,46-47H,21-22H2,1-2H3,(H2,41,42,43,45,52)/t30-,33-,34-,37-/m1/s1. The summed E-state index contributed by atoms with van der Waals surface area (Å²) in [5.41, 5.74) is 2.69. The van der Waals surface area contributed by atoms with Gasteiger partial charge in [-0.15, -0.1) is 0 Å². The molecule has 0 bridgehead atoms. The van der Waals surface area contributed by atoms with Crippen molar-refractivity contribution in [2.75, 3.05) is 26.1 Å². The van der Waals surface area contributed by atoms with Crippen molar-refractivity contribution in [3.05, 3.63) is 142 Å². The Morgan fingerprint density at radius 1 is 0.865 bits per heavy atom. The maximum atomic E-state index is 12.8. The van der Waals surface area contributed by atoms with E-state index < -0.39 is 30.1 Å². The van der Waals surface area contributed by atoms with Gasteiger partial charge < -0.3 is 34.1 Å². The van der Waals surface area contributed by atoms with Crippen molar-refractivity contribution in [3.63, 3.8) is 0 Å². The van der Waals surface area contributed by atoms with Gasteiger partial charge in [-0.2, -0.15) is 4.98 Å². The summed E-state index contributed by atoms with van der Waals surface area (Å²) in [5, 5.41) is 25.5. The van der Waals surface area contributed by atoms with E-state index in [9.17, 15) is 15.0 Å². The molecule has 1 fully saturated rings. The Balaban J connectivity index is 1.19. The van der Waals surface area contributed by atoms with E-state index in [-0.39, 0.29) is 35.2 Å². The fourth-order valence-corrected chi connectivity index (χ4v) is 6.75. The van der Waals surface area contributed by atoms with Crippen LogP contribution >= 0.6 is 12.2 Å². The zero-order valence-electron chi connectivity index (χ0n) is 28.4. The van der Waals surface area contributed by atoms with Gasteiger partial charge in [-0.05, 0) is 46.5 Å². The third-order valence-electron chi connectivity index (χ3n) is 9.15. The van der Waals surface area contributed by atoms with Crippen LogP contribution in [0.25, 0.3) is 11.2 Å². The monoisotopic (exact) mass is 719 g/mol. The maximum absolute atomic E-state index is 12.8. The first kappa shape index (κ1) is 35.0. The number of H-pyrrole nitrogens is 1. The number of amides is 1.